The van der Waals surface area contributed by atoms with Gasteiger partial charge < -0.3 is 4.90 Å². The first-order chi connectivity index (χ1) is 12.3. The molecule has 0 spiro atoms. The van der Waals surface area contributed by atoms with E-state index in [4.69, 9.17) is 0 Å². The Labute approximate surface area is 161 Å². The topological polar surface area (TPSA) is 3.24 Å². The highest BCUT2D eigenvalue weighted by molar-refractivity contribution is 4.59. The van der Waals surface area contributed by atoms with Gasteiger partial charge in [-0.1, -0.05) is 117 Å². The van der Waals surface area contributed by atoms with Crippen LogP contribution in [-0.2, 0) is 0 Å². The standard InChI is InChI=1S/C24H51N/c1-4-7-10-11-12-13-14-15-16-17-18-21-24-25(22-19-8-5-2)23-20-9-6-3/h4-24H2,1-3H3. The van der Waals surface area contributed by atoms with E-state index in [1.54, 1.807) is 0 Å². The zero-order chi connectivity index (χ0) is 18.4. The molecule has 0 saturated carbocycles. The molecule has 0 radical (unpaired) electrons. The lowest BCUT2D eigenvalue weighted by atomic mass is 10.1. The minimum Gasteiger partial charge on any atom is -0.303 e. The maximum absolute atomic E-state index is 2.75. The number of rotatable bonds is 21. The molecular weight excluding hydrogens is 302 g/mol. The summed E-state index contributed by atoms with van der Waals surface area (Å²) in [5, 5.41) is 0. The summed E-state index contributed by atoms with van der Waals surface area (Å²) in [7, 11) is 0. The van der Waals surface area contributed by atoms with Crippen LogP contribution in [0.5, 0.6) is 0 Å². The van der Waals surface area contributed by atoms with Crippen LogP contribution in [0.4, 0.5) is 0 Å². The number of unbranched alkanes of at least 4 members (excludes halogenated alkanes) is 15. The van der Waals surface area contributed by atoms with Crippen molar-refractivity contribution >= 4 is 0 Å². The van der Waals surface area contributed by atoms with E-state index in [1.807, 2.05) is 0 Å². The minimum atomic E-state index is 1.34. The van der Waals surface area contributed by atoms with E-state index < -0.39 is 0 Å². The van der Waals surface area contributed by atoms with E-state index in [2.05, 4.69) is 25.7 Å². The van der Waals surface area contributed by atoms with E-state index >= 15 is 0 Å². The van der Waals surface area contributed by atoms with Crippen LogP contribution in [0.3, 0.4) is 0 Å². The zero-order valence-corrected chi connectivity index (χ0v) is 18.3. The SMILES string of the molecule is CCCCCCCCCCCCCCN(CCCCC)CCCCC. The maximum atomic E-state index is 2.75. The summed E-state index contributed by atoms with van der Waals surface area (Å²) in [6.07, 6.45) is 25.8. The van der Waals surface area contributed by atoms with Crippen molar-refractivity contribution in [2.24, 2.45) is 0 Å². The quantitative estimate of drug-likeness (QED) is 0.187. The third kappa shape index (κ3) is 20.1. The van der Waals surface area contributed by atoms with Gasteiger partial charge in [0.2, 0.25) is 0 Å². The number of nitrogens with zero attached hydrogens (tertiary/aromatic N) is 1. The molecule has 0 bridgehead atoms. The third-order valence-electron chi connectivity index (χ3n) is 5.48. The van der Waals surface area contributed by atoms with E-state index in [-0.39, 0.29) is 0 Å². The highest BCUT2D eigenvalue weighted by atomic mass is 15.1. The Morgan fingerprint density at radius 2 is 0.560 bits per heavy atom. The van der Waals surface area contributed by atoms with E-state index in [0.717, 1.165) is 0 Å². The van der Waals surface area contributed by atoms with Crippen molar-refractivity contribution < 1.29 is 0 Å². The average Bonchev–Trinajstić information content (AvgIpc) is 2.62. The van der Waals surface area contributed by atoms with Crippen molar-refractivity contribution in [2.75, 3.05) is 19.6 Å². The fourth-order valence-corrected chi connectivity index (χ4v) is 3.68. The molecule has 0 aliphatic carbocycles. The minimum absolute atomic E-state index is 1.34. The molecule has 0 aliphatic heterocycles. The van der Waals surface area contributed by atoms with Crippen LogP contribution in [-0.4, -0.2) is 24.5 Å². The Kier molecular flexibility index (Phi) is 22.0. The maximum Gasteiger partial charge on any atom is -0.00187 e. The first kappa shape index (κ1) is 25.0. The van der Waals surface area contributed by atoms with Crippen LogP contribution < -0.4 is 0 Å². The summed E-state index contributed by atoms with van der Waals surface area (Å²) < 4.78 is 0. The Morgan fingerprint density at radius 3 is 0.920 bits per heavy atom. The van der Waals surface area contributed by atoms with Crippen molar-refractivity contribution in [3.8, 4) is 0 Å². The summed E-state index contributed by atoms with van der Waals surface area (Å²) in [5.41, 5.74) is 0. The summed E-state index contributed by atoms with van der Waals surface area (Å²) in [5.74, 6) is 0. The number of hydrogen-bond donors (Lipinski definition) is 0. The third-order valence-corrected chi connectivity index (χ3v) is 5.48. The first-order valence-electron chi connectivity index (χ1n) is 12.1. The van der Waals surface area contributed by atoms with E-state index in [0.29, 0.717) is 0 Å². The van der Waals surface area contributed by atoms with Crippen molar-refractivity contribution in [3.63, 3.8) is 0 Å². The lowest BCUT2D eigenvalue weighted by Crippen LogP contribution is -2.27. The highest BCUT2D eigenvalue weighted by Gasteiger charge is 2.04. The Hall–Kier alpha value is -0.0400. The molecule has 0 unspecified atom stereocenters. The molecule has 0 N–H and O–H groups in total. The van der Waals surface area contributed by atoms with Gasteiger partial charge in [-0.15, -0.1) is 0 Å². The lowest BCUT2D eigenvalue weighted by molar-refractivity contribution is 0.255. The summed E-state index contributed by atoms with van der Waals surface area (Å²) in [6, 6.07) is 0. The molecule has 0 aromatic rings. The van der Waals surface area contributed by atoms with Gasteiger partial charge in [-0.25, -0.2) is 0 Å². The first-order valence-corrected chi connectivity index (χ1v) is 12.1. The summed E-state index contributed by atoms with van der Waals surface area (Å²) in [6.45, 7) is 11.0. The second-order valence-corrected chi connectivity index (χ2v) is 8.14. The molecular formula is C24H51N. The van der Waals surface area contributed by atoms with Crippen LogP contribution in [0.25, 0.3) is 0 Å². The smallest absolute Gasteiger partial charge is 0.00187 e. The Balaban J connectivity index is 3.43. The van der Waals surface area contributed by atoms with Crippen molar-refractivity contribution in [1.82, 2.24) is 4.90 Å². The summed E-state index contributed by atoms with van der Waals surface area (Å²) in [4.78, 5) is 2.75. The molecule has 0 aromatic carbocycles. The molecule has 0 atom stereocenters. The summed E-state index contributed by atoms with van der Waals surface area (Å²) >= 11 is 0. The predicted molar refractivity (Wildman–Crippen MR) is 117 cm³/mol. The molecule has 1 nitrogen and oxygen atoms in total. The fourth-order valence-electron chi connectivity index (χ4n) is 3.68. The van der Waals surface area contributed by atoms with Gasteiger partial charge in [0.05, 0.1) is 0 Å². The number of hydrogen-bond acceptors (Lipinski definition) is 1. The molecule has 0 aliphatic rings. The zero-order valence-electron chi connectivity index (χ0n) is 18.3. The Morgan fingerprint density at radius 1 is 0.320 bits per heavy atom. The van der Waals surface area contributed by atoms with Gasteiger partial charge in [0, 0.05) is 0 Å². The molecule has 152 valence electrons. The van der Waals surface area contributed by atoms with Gasteiger partial charge in [0.1, 0.15) is 0 Å². The van der Waals surface area contributed by atoms with Crippen LogP contribution in [0, 0.1) is 0 Å². The average molecular weight is 354 g/mol. The van der Waals surface area contributed by atoms with Crippen molar-refractivity contribution in [1.29, 1.82) is 0 Å². The predicted octanol–water partition coefficient (Wildman–Crippen LogP) is 8.37. The van der Waals surface area contributed by atoms with Crippen molar-refractivity contribution in [2.45, 2.75) is 136 Å². The lowest BCUT2D eigenvalue weighted by Gasteiger charge is -2.22. The van der Waals surface area contributed by atoms with E-state index in [9.17, 15) is 0 Å². The van der Waals surface area contributed by atoms with Crippen LogP contribution in [0.15, 0.2) is 0 Å². The van der Waals surface area contributed by atoms with Gasteiger partial charge in [0.25, 0.3) is 0 Å². The van der Waals surface area contributed by atoms with Crippen LogP contribution >= 0.6 is 0 Å². The normalized spacial score (nSPS) is 11.5. The molecule has 0 amide bonds. The van der Waals surface area contributed by atoms with Crippen LogP contribution in [0.1, 0.15) is 136 Å². The van der Waals surface area contributed by atoms with Gasteiger partial charge >= 0.3 is 0 Å². The monoisotopic (exact) mass is 353 g/mol. The van der Waals surface area contributed by atoms with Gasteiger partial charge in [-0.3, -0.25) is 0 Å². The Bertz CT molecular complexity index is 216. The fraction of sp³-hybridized carbons (Fsp3) is 1.00. The van der Waals surface area contributed by atoms with Crippen molar-refractivity contribution in [3.05, 3.63) is 0 Å². The molecule has 0 rings (SSSR count). The second kappa shape index (κ2) is 22.0. The molecule has 25 heavy (non-hydrogen) atoms. The van der Waals surface area contributed by atoms with Crippen LogP contribution in [0.2, 0.25) is 0 Å². The molecule has 0 heterocycles. The highest BCUT2D eigenvalue weighted by Crippen LogP contribution is 2.12. The molecule has 0 fully saturated rings. The molecule has 0 saturated heterocycles. The van der Waals surface area contributed by atoms with E-state index in [1.165, 1.54) is 135 Å². The van der Waals surface area contributed by atoms with Gasteiger partial charge in [0.15, 0.2) is 0 Å². The molecule has 1 heteroatoms. The molecule has 0 aromatic heterocycles. The van der Waals surface area contributed by atoms with Gasteiger partial charge in [-0.2, -0.15) is 0 Å². The second-order valence-electron chi connectivity index (χ2n) is 8.14. The largest absolute Gasteiger partial charge is 0.303 e. The van der Waals surface area contributed by atoms with Gasteiger partial charge in [-0.05, 0) is 38.9 Å².